The van der Waals surface area contributed by atoms with Crippen molar-refractivity contribution >= 4 is 5.96 Å². The van der Waals surface area contributed by atoms with E-state index in [4.69, 9.17) is 4.42 Å². The topological polar surface area (TPSA) is 52.8 Å². The second-order valence-electron chi connectivity index (χ2n) is 6.52. The van der Waals surface area contributed by atoms with Crippen molar-refractivity contribution in [2.24, 2.45) is 4.99 Å². The number of nitrogens with one attached hydrogen (secondary N) is 2. The van der Waals surface area contributed by atoms with E-state index in [9.17, 15) is 0 Å². The van der Waals surface area contributed by atoms with E-state index in [0.29, 0.717) is 6.04 Å². The van der Waals surface area contributed by atoms with E-state index in [2.05, 4.69) is 65.7 Å². The molecule has 5 heteroatoms. The quantitative estimate of drug-likeness (QED) is 0.599. The van der Waals surface area contributed by atoms with Crippen LogP contribution in [0.25, 0.3) is 0 Å². The van der Waals surface area contributed by atoms with E-state index in [-0.39, 0.29) is 6.04 Å². The third kappa shape index (κ3) is 5.94. The zero-order valence-electron chi connectivity index (χ0n) is 15.9. The highest BCUT2D eigenvalue weighted by Gasteiger charge is 2.13. The summed E-state index contributed by atoms with van der Waals surface area (Å²) in [7, 11) is 3.93. The summed E-state index contributed by atoms with van der Waals surface area (Å²) in [5.41, 5.74) is 1.32. The van der Waals surface area contributed by atoms with Crippen LogP contribution in [0.3, 0.4) is 0 Å². The molecule has 0 aliphatic rings. The SMILES string of the molecule is CN=C(NCC(C)N(C)Cc1ccccc1)NC(C)c1ccc(C)o1. The third-order valence-corrected chi connectivity index (χ3v) is 4.36. The van der Waals surface area contributed by atoms with Gasteiger partial charge in [-0.25, -0.2) is 0 Å². The van der Waals surface area contributed by atoms with Gasteiger partial charge in [0.25, 0.3) is 0 Å². The van der Waals surface area contributed by atoms with Crippen LogP contribution in [0.1, 0.15) is 37.0 Å². The molecule has 2 aromatic rings. The van der Waals surface area contributed by atoms with Gasteiger partial charge in [0.05, 0.1) is 6.04 Å². The van der Waals surface area contributed by atoms with E-state index < -0.39 is 0 Å². The average Bonchev–Trinajstić information content (AvgIpc) is 3.05. The summed E-state index contributed by atoms with van der Waals surface area (Å²) >= 11 is 0. The smallest absolute Gasteiger partial charge is 0.191 e. The van der Waals surface area contributed by atoms with E-state index in [1.807, 2.05) is 25.1 Å². The fourth-order valence-electron chi connectivity index (χ4n) is 2.58. The Hall–Kier alpha value is -2.27. The van der Waals surface area contributed by atoms with E-state index in [1.165, 1.54) is 5.56 Å². The molecule has 0 radical (unpaired) electrons. The lowest BCUT2D eigenvalue weighted by Crippen LogP contribution is -2.45. The van der Waals surface area contributed by atoms with Crippen molar-refractivity contribution in [1.29, 1.82) is 0 Å². The summed E-state index contributed by atoms with van der Waals surface area (Å²) in [5.74, 6) is 2.61. The molecule has 1 aromatic heterocycles. The highest BCUT2D eigenvalue weighted by Crippen LogP contribution is 2.15. The highest BCUT2D eigenvalue weighted by molar-refractivity contribution is 5.80. The minimum absolute atomic E-state index is 0.0669. The number of furan rings is 1. The van der Waals surface area contributed by atoms with Crippen LogP contribution in [0, 0.1) is 6.92 Å². The van der Waals surface area contributed by atoms with Gasteiger partial charge in [0.15, 0.2) is 5.96 Å². The average molecular weight is 342 g/mol. The molecule has 136 valence electrons. The maximum absolute atomic E-state index is 5.67. The largest absolute Gasteiger partial charge is 0.464 e. The Morgan fingerprint density at radius 3 is 2.48 bits per heavy atom. The Kier molecular flexibility index (Phi) is 7.07. The standard InChI is InChI=1S/C20H30N4O/c1-15(24(5)14-18-9-7-6-8-10-18)13-22-20(21-4)23-17(3)19-12-11-16(2)25-19/h6-12,15,17H,13-14H2,1-5H3,(H2,21,22,23). The van der Waals surface area contributed by atoms with Crippen LogP contribution in [-0.2, 0) is 6.54 Å². The summed E-state index contributed by atoms with van der Waals surface area (Å²) in [5, 5.41) is 6.77. The molecule has 5 nitrogen and oxygen atoms in total. The number of likely N-dealkylation sites (N-methyl/N-ethyl adjacent to an activating group) is 1. The van der Waals surface area contributed by atoms with Gasteiger partial charge in [0.2, 0.25) is 0 Å². The molecule has 2 unspecified atom stereocenters. The molecular formula is C20H30N4O. The first-order chi connectivity index (χ1) is 12.0. The van der Waals surface area contributed by atoms with Crippen LogP contribution in [0.2, 0.25) is 0 Å². The van der Waals surface area contributed by atoms with Crippen molar-refractivity contribution < 1.29 is 4.42 Å². The van der Waals surface area contributed by atoms with Gasteiger partial charge in [0, 0.05) is 26.2 Å². The molecular weight excluding hydrogens is 312 g/mol. The van der Waals surface area contributed by atoms with E-state index in [0.717, 1.165) is 30.6 Å². The zero-order chi connectivity index (χ0) is 18.2. The molecule has 0 fully saturated rings. The number of aliphatic imine (C=N–C) groups is 1. The van der Waals surface area contributed by atoms with Crippen molar-refractivity contribution in [2.45, 2.75) is 39.4 Å². The number of benzene rings is 1. The molecule has 0 bridgehead atoms. The first kappa shape index (κ1) is 19.1. The summed E-state index contributed by atoms with van der Waals surface area (Å²) in [6.45, 7) is 7.97. The van der Waals surface area contributed by atoms with Gasteiger partial charge in [0.1, 0.15) is 11.5 Å². The van der Waals surface area contributed by atoms with Gasteiger partial charge < -0.3 is 15.1 Å². The van der Waals surface area contributed by atoms with Crippen molar-refractivity contribution in [3.63, 3.8) is 0 Å². The Morgan fingerprint density at radius 1 is 1.16 bits per heavy atom. The van der Waals surface area contributed by atoms with Crippen LogP contribution in [0.4, 0.5) is 0 Å². The van der Waals surface area contributed by atoms with Gasteiger partial charge >= 0.3 is 0 Å². The molecule has 2 rings (SSSR count). The third-order valence-electron chi connectivity index (χ3n) is 4.36. The lowest BCUT2D eigenvalue weighted by molar-refractivity contribution is 0.249. The first-order valence-corrected chi connectivity index (χ1v) is 8.77. The molecule has 0 saturated heterocycles. The number of hydrogen-bond donors (Lipinski definition) is 2. The van der Waals surface area contributed by atoms with Gasteiger partial charge in [-0.05, 0) is 45.5 Å². The number of nitrogens with zero attached hydrogens (tertiary/aromatic N) is 2. The Morgan fingerprint density at radius 2 is 1.88 bits per heavy atom. The van der Waals surface area contributed by atoms with Gasteiger partial charge in [-0.15, -0.1) is 0 Å². The van der Waals surface area contributed by atoms with E-state index in [1.54, 1.807) is 7.05 Å². The summed E-state index contributed by atoms with van der Waals surface area (Å²) < 4.78 is 5.67. The maximum atomic E-state index is 5.67. The molecule has 0 spiro atoms. The van der Waals surface area contributed by atoms with E-state index >= 15 is 0 Å². The van der Waals surface area contributed by atoms with Crippen LogP contribution in [-0.4, -0.2) is 37.5 Å². The minimum Gasteiger partial charge on any atom is -0.464 e. The summed E-state index contributed by atoms with van der Waals surface area (Å²) in [6, 6.07) is 14.9. The predicted octanol–water partition coefficient (Wildman–Crippen LogP) is 3.33. The molecule has 1 aromatic carbocycles. The fourth-order valence-corrected chi connectivity index (χ4v) is 2.58. The maximum Gasteiger partial charge on any atom is 0.191 e. The number of hydrogen-bond acceptors (Lipinski definition) is 3. The van der Waals surface area contributed by atoms with Crippen molar-refractivity contribution in [2.75, 3.05) is 20.6 Å². The van der Waals surface area contributed by atoms with Crippen molar-refractivity contribution in [1.82, 2.24) is 15.5 Å². The Labute approximate surface area is 151 Å². The number of aryl methyl sites for hydroxylation is 1. The summed E-state index contributed by atoms with van der Waals surface area (Å²) in [4.78, 5) is 6.64. The van der Waals surface area contributed by atoms with Crippen LogP contribution in [0.5, 0.6) is 0 Å². The minimum atomic E-state index is 0.0669. The molecule has 0 saturated carbocycles. The molecule has 0 aliphatic carbocycles. The van der Waals surface area contributed by atoms with Gasteiger partial charge in [-0.3, -0.25) is 9.89 Å². The lowest BCUT2D eigenvalue weighted by Gasteiger charge is -2.26. The second kappa shape index (κ2) is 9.28. The predicted molar refractivity (Wildman–Crippen MR) is 104 cm³/mol. The first-order valence-electron chi connectivity index (χ1n) is 8.77. The molecule has 1 heterocycles. The lowest BCUT2D eigenvalue weighted by atomic mass is 10.2. The molecule has 25 heavy (non-hydrogen) atoms. The van der Waals surface area contributed by atoms with Gasteiger partial charge in [-0.1, -0.05) is 30.3 Å². The van der Waals surface area contributed by atoms with Gasteiger partial charge in [-0.2, -0.15) is 0 Å². The fraction of sp³-hybridized carbons (Fsp3) is 0.450. The van der Waals surface area contributed by atoms with Crippen LogP contribution in [0.15, 0.2) is 51.9 Å². The zero-order valence-corrected chi connectivity index (χ0v) is 15.9. The number of guanidine groups is 1. The molecule has 2 N–H and O–H groups in total. The van der Waals surface area contributed by atoms with Crippen LogP contribution < -0.4 is 10.6 Å². The molecule has 0 aliphatic heterocycles. The summed E-state index contributed by atoms with van der Waals surface area (Å²) in [6.07, 6.45) is 0. The molecule has 2 atom stereocenters. The Bertz CT molecular complexity index is 665. The normalized spacial score (nSPS) is 14.4. The number of rotatable bonds is 7. The second-order valence-corrected chi connectivity index (χ2v) is 6.52. The molecule has 0 amide bonds. The van der Waals surface area contributed by atoms with Crippen molar-refractivity contribution in [3.8, 4) is 0 Å². The monoisotopic (exact) mass is 342 g/mol. The Balaban J connectivity index is 1.81. The van der Waals surface area contributed by atoms with Crippen molar-refractivity contribution in [3.05, 3.63) is 59.5 Å². The highest BCUT2D eigenvalue weighted by atomic mass is 16.3. The van der Waals surface area contributed by atoms with Crippen LogP contribution >= 0.6 is 0 Å².